The number of benzene rings is 1. The second kappa shape index (κ2) is 9.11. The number of hydrogen-bond acceptors (Lipinski definition) is 3. The van der Waals surface area contributed by atoms with Crippen molar-refractivity contribution in [3.8, 4) is 0 Å². The average molecular weight is 340 g/mol. The zero-order valence-electron chi connectivity index (χ0n) is 13.6. The van der Waals surface area contributed by atoms with Gasteiger partial charge in [-0.2, -0.15) is 0 Å². The van der Waals surface area contributed by atoms with Crippen molar-refractivity contribution in [1.82, 2.24) is 10.6 Å². The van der Waals surface area contributed by atoms with Crippen LogP contribution in [0.4, 0.5) is 0 Å². The summed E-state index contributed by atoms with van der Waals surface area (Å²) in [5.41, 5.74) is 1.25. The molecule has 1 atom stereocenters. The first-order valence-electron chi connectivity index (χ1n) is 8.05. The summed E-state index contributed by atoms with van der Waals surface area (Å²) in [6, 6.07) is 7.88. The molecule has 2 rings (SSSR count). The molecule has 3 N–H and O–H groups in total. The molecular weight excluding hydrogens is 314 g/mol. The number of halogens is 1. The van der Waals surface area contributed by atoms with Gasteiger partial charge in [-0.1, -0.05) is 23.7 Å². The van der Waals surface area contributed by atoms with E-state index in [1.807, 2.05) is 24.3 Å². The van der Waals surface area contributed by atoms with E-state index in [0.717, 1.165) is 49.9 Å². The van der Waals surface area contributed by atoms with Gasteiger partial charge in [0, 0.05) is 43.8 Å². The number of nitrogens with one attached hydrogen (secondary N) is 2. The highest BCUT2D eigenvalue weighted by molar-refractivity contribution is 6.30. The van der Waals surface area contributed by atoms with Gasteiger partial charge in [-0.25, -0.2) is 0 Å². The fourth-order valence-electron chi connectivity index (χ4n) is 2.78. The van der Waals surface area contributed by atoms with Crippen molar-refractivity contribution < 1.29 is 9.84 Å². The van der Waals surface area contributed by atoms with E-state index in [9.17, 15) is 5.11 Å². The third kappa shape index (κ3) is 5.68. The van der Waals surface area contributed by atoms with Crippen molar-refractivity contribution >= 4 is 17.6 Å². The first-order chi connectivity index (χ1) is 11.2. The first-order valence-corrected chi connectivity index (χ1v) is 8.43. The third-order valence-corrected chi connectivity index (χ3v) is 4.55. The van der Waals surface area contributed by atoms with Crippen LogP contribution in [0.2, 0.25) is 5.02 Å². The van der Waals surface area contributed by atoms with Gasteiger partial charge in [-0.3, -0.25) is 4.99 Å². The Bertz CT molecular complexity index is 499. The van der Waals surface area contributed by atoms with E-state index in [1.54, 1.807) is 7.05 Å². The zero-order chi connectivity index (χ0) is 16.5. The lowest BCUT2D eigenvalue weighted by atomic mass is 9.84. The minimum absolute atomic E-state index is 0.0164. The zero-order valence-corrected chi connectivity index (χ0v) is 14.4. The minimum atomic E-state index is 0.0164. The lowest BCUT2D eigenvalue weighted by Gasteiger charge is -2.27. The van der Waals surface area contributed by atoms with Crippen LogP contribution in [0.15, 0.2) is 29.3 Å². The van der Waals surface area contributed by atoms with Crippen molar-refractivity contribution in [3.63, 3.8) is 0 Å². The quantitative estimate of drug-likeness (QED) is 0.524. The van der Waals surface area contributed by atoms with Gasteiger partial charge in [0.1, 0.15) is 0 Å². The van der Waals surface area contributed by atoms with Crippen LogP contribution in [-0.2, 0) is 11.2 Å². The molecule has 0 bridgehead atoms. The van der Waals surface area contributed by atoms with Crippen molar-refractivity contribution in [2.24, 2.45) is 10.4 Å². The Morgan fingerprint density at radius 1 is 1.35 bits per heavy atom. The Hall–Kier alpha value is -1.30. The van der Waals surface area contributed by atoms with E-state index in [-0.39, 0.29) is 12.0 Å². The Morgan fingerprint density at radius 3 is 2.74 bits per heavy atom. The number of ether oxygens (including phenoxy) is 1. The maximum Gasteiger partial charge on any atom is 0.191 e. The predicted molar refractivity (Wildman–Crippen MR) is 94.1 cm³/mol. The highest BCUT2D eigenvalue weighted by Crippen LogP contribution is 2.31. The predicted octanol–water partition coefficient (Wildman–Crippen LogP) is 1.84. The van der Waals surface area contributed by atoms with Gasteiger partial charge in [0.2, 0.25) is 0 Å². The second-order valence-electron chi connectivity index (χ2n) is 6.01. The molecule has 0 aromatic heterocycles. The molecular formula is C17H26ClN3O2. The molecule has 0 spiro atoms. The van der Waals surface area contributed by atoms with Crippen molar-refractivity contribution in [1.29, 1.82) is 0 Å². The largest absolute Gasteiger partial charge is 0.396 e. The molecule has 1 unspecified atom stereocenters. The van der Waals surface area contributed by atoms with Gasteiger partial charge < -0.3 is 20.5 Å². The molecule has 1 heterocycles. The molecule has 1 fully saturated rings. The Morgan fingerprint density at radius 2 is 2.13 bits per heavy atom. The SMILES string of the molecule is CN=C(NCCc1ccc(Cl)cc1)NCC1(CCO)CCOC1. The standard InChI is InChI=1S/C17H26ClN3O2/c1-19-16(20-9-6-14-2-4-15(18)5-3-14)21-12-17(7-10-22)8-11-23-13-17/h2-5,22H,6-13H2,1H3,(H2,19,20,21). The third-order valence-electron chi connectivity index (χ3n) is 4.30. The van der Waals surface area contributed by atoms with Crippen LogP contribution in [0.1, 0.15) is 18.4 Å². The van der Waals surface area contributed by atoms with Crippen LogP contribution in [0.5, 0.6) is 0 Å². The summed E-state index contributed by atoms with van der Waals surface area (Å²) in [6.07, 6.45) is 2.63. The summed E-state index contributed by atoms with van der Waals surface area (Å²) >= 11 is 5.89. The van der Waals surface area contributed by atoms with Crippen molar-refractivity contribution in [2.45, 2.75) is 19.3 Å². The van der Waals surface area contributed by atoms with E-state index in [1.165, 1.54) is 5.56 Å². The van der Waals surface area contributed by atoms with Gasteiger partial charge in [-0.05, 0) is 37.0 Å². The second-order valence-corrected chi connectivity index (χ2v) is 6.44. The minimum Gasteiger partial charge on any atom is -0.396 e. The van der Waals surface area contributed by atoms with E-state index in [0.29, 0.717) is 6.61 Å². The molecule has 1 saturated heterocycles. The number of rotatable bonds is 7. The molecule has 128 valence electrons. The summed E-state index contributed by atoms with van der Waals surface area (Å²) in [5, 5.41) is 16.7. The van der Waals surface area contributed by atoms with Gasteiger partial charge in [0.25, 0.3) is 0 Å². The summed E-state index contributed by atoms with van der Waals surface area (Å²) in [6.45, 7) is 3.21. The maximum atomic E-state index is 9.26. The fourth-order valence-corrected chi connectivity index (χ4v) is 2.91. The Kier molecular flexibility index (Phi) is 7.15. The lowest BCUT2D eigenvalue weighted by molar-refractivity contribution is 0.127. The molecule has 0 radical (unpaired) electrons. The van der Waals surface area contributed by atoms with Gasteiger partial charge in [-0.15, -0.1) is 0 Å². The van der Waals surface area contributed by atoms with Crippen LogP contribution in [0, 0.1) is 5.41 Å². The van der Waals surface area contributed by atoms with E-state index >= 15 is 0 Å². The van der Waals surface area contributed by atoms with Crippen LogP contribution in [-0.4, -0.2) is 51.0 Å². The Balaban J connectivity index is 1.75. The molecule has 6 heteroatoms. The fraction of sp³-hybridized carbons (Fsp3) is 0.588. The van der Waals surface area contributed by atoms with Crippen molar-refractivity contribution in [3.05, 3.63) is 34.9 Å². The normalized spacial score (nSPS) is 21.4. The number of nitrogens with zero attached hydrogens (tertiary/aromatic N) is 1. The molecule has 1 aliphatic rings. The number of aliphatic imine (C=N–C) groups is 1. The van der Waals surface area contributed by atoms with E-state index in [2.05, 4.69) is 15.6 Å². The first kappa shape index (κ1) is 18.0. The Labute approximate surface area is 143 Å². The van der Waals surface area contributed by atoms with Crippen LogP contribution >= 0.6 is 11.6 Å². The summed E-state index contributed by atoms with van der Waals surface area (Å²) in [7, 11) is 1.77. The number of aliphatic hydroxyl groups excluding tert-OH is 1. The van der Waals surface area contributed by atoms with Gasteiger partial charge in [0.05, 0.1) is 6.61 Å². The average Bonchev–Trinajstić information content (AvgIpc) is 3.02. The molecule has 1 aliphatic heterocycles. The number of aliphatic hydroxyl groups is 1. The topological polar surface area (TPSA) is 65.9 Å². The molecule has 5 nitrogen and oxygen atoms in total. The van der Waals surface area contributed by atoms with Crippen LogP contribution in [0.3, 0.4) is 0 Å². The molecule has 23 heavy (non-hydrogen) atoms. The smallest absolute Gasteiger partial charge is 0.191 e. The maximum absolute atomic E-state index is 9.26. The highest BCUT2D eigenvalue weighted by Gasteiger charge is 2.34. The molecule has 1 aromatic rings. The van der Waals surface area contributed by atoms with Gasteiger partial charge in [0.15, 0.2) is 5.96 Å². The van der Waals surface area contributed by atoms with E-state index in [4.69, 9.17) is 16.3 Å². The molecule has 0 aliphatic carbocycles. The number of hydrogen-bond donors (Lipinski definition) is 3. The van der Waals surface area contributed by atoms with Crippen molar-refractivity contribution in [2.75, 3.05) is 40.0 Å². The summed E-state index contributed by atoms with van der Waals surface area (Å²) in [5.74, 6) is 0.781. The summed E-state index contributed by atoms with van der Waals surface area (Å²) < 4.78 is 5.51. The molecule has 0 saturated carbocycles. The monoisotopic (exact) mass is 339 g/mol. The lowest BCUT2D eigenvalue weighted by Crippen LogP contribution is -2.45. The molecule has 1 aromatic carbocycles. The summed E-state index contributed by atoms with van der Waals surface area (Å²) in [4.78, 5) is 4.26. The van der Waals surface area contributed by atoms with E-state index < -0.39 is 0 Å². The number of guanidine groups is 1. The highest BCUT2D eigenvalue weighted by atomic mass is 35.5. The van der Waals surface area contributed by atoms with Crippen LogP contribution in [0.25, 0.3) is 0 Å². The van der Waals surface area contributed by atoms with Crippen LogP contribution < -0.4 is 10.6 Å². The van der Waals surface area contributed by atoms with Gasteiger partial charge >= 0.3 is 0 Å². The molecule has 0 amide bonds.